The molecule has 0 unspecified atom stereocenters. The molecule has 15 heavy (non-hydrogen) atoms. The Morgan fingerprint density at radius 3 is 2.67 bits per heavy atom. The van der Waals surface area contributed by atoms with Crippen LogP contribution in [0.3, 0.4) is 0 Å². The van der Waals surface area contributed by atoms with Crippen molar-refractivity contribution in [1.82, 2.24) is 19.7 Å². The van der Waals surface area contributed by atoms with Crippen LogP contribution >= 0.6 is 0 Å². The highest BCUT2D eigenvalue weighted by Crippen LogP contribution is 2.17. The van der Waals surface area contributed by atoms with Crippen LogP contribution in [-0.4, -0.2) is 19.7 Å². The van der Waals surface area contributed by atoms with Crippen LogP contribution in [0.2, 0.25) is 0 Å². The highest BCUT2D eigenvalue weighted by atomic mass is 15.4. The largest absolute Gasteiger partial charge is 0.253 e. The topological polar surface area (TPSA) is 43.6 Å². The van der Waals surface area contributed by atoms with Crippen molar-refractivity contribution in [3.05, 3.63) is 30.2 Å². The molecule has 2 aromatic heterocycles. The number of aromatic nitrogens is 4. The molecule has 2 rings (SSSR count). The number of pyridine rings is 1. The standard InChI is InChI=1S/C11H14N4/c1-8(2)15-11(13-9(3)14-15)10-6-4-5-7-12-10/h4-8H,1-3H3. The third kappa shape index (κ3) is 1.88. The molecule has 0 aromatic carbocycles. The zero-order chi connectivity index (χ0) is 10.8. The minimum absolute atomic E-state index is 0.295. The molecule has 0 aliphatic carbocycles. The van der Waals surface area contributed by atoms with Crippen molar-refractivity contribution in [3.8, 4) is 11.5 Å². The molecule has 2 heterocycles. The lowest BCUT2D eigenvalue weighted by Crippen LogP contribution is -2.05. The van der Waals surface area contributed by atoms with Crippen LogP contribution in [0.5, 0.6) is 0 Å². The molecule has 0 radical (unpaired) electrons. The van der Waals surface area contributed by atoms with Gasteiger partial charge in [-0.1, -0.05) is 6.07 Å². The summed E-state index contributed by atoms with van der Waals surface area (Å²) in [5.41, 5.74) is 0.867. The Labute approximate surface area is 89.0 Å². The third-order valence-corrected chi connectivity index (χ3v) is 2.12. The summed E-state index contributed by atoms with van der Waals surface area (Å²) < 4.78 is 1.90. The molecular formula is C11H14N4. The van der Waals surface area contributed by atoms with E-state index in [4.69, 9.17) is 0 Å². The van der Waals surface area contributed by atoms with Crippen molar-refractivity contribution in [2.24, 2.45) is 0 Å². The summed E-state index contributed by atoms with van der Waals surface area (Å²) in [6, 6.07) is 6.09. The van der Waals surface area contributed by atoms with Crippen LogP contribution in [-0.2, 0) is 0 Å². The molecule has 0 aliphatic rings. The first kappa shape index (κ1) is 9.83. The van der Waals surface area contributed by atoms with Crippen molar-refractivity contribution >= 4 is 0 Å². The lowest BCUT2D eigenvalue weighted by molar-refractivity contribution is 0.533. The predicted molar refractivity (Wildman–Crippen MR) is 58.4 cm³/mol. The van der Waals surface area contributed by atoms with Gasteiger partial charge in [-0.15, -0.1) is 0 Å². The Morgan fingerprint density at radius 1 is 1.27 bits per heavy atom. The van der Waals surface area contributed by atoms with Crippen LogP contribution < -0.4 is 0 Å². The maximum atomic E-state index is 4.39. The van der Waals surface area contributed by atoms with Crippen molar-refractivity contribution in [3.63, 3.8) is 0 Å². The zero-order valence-corrected chi connectivity index (χ0v) is 9.18. The average Bonchev–Trinajstić information content (AvgIpc) is 2.62. The lowest BCUT2D eigenvalue weighted by atomic mass is 10.3. The minimum atomic E-state index is 0.295. The maximum absolute atomic E-state index is 4.39. The fraction of sp³-hybridized carbons (Fsp3) is 0.364. The molecule has 0 atom stereocenters. The molecule has 4 heteroatoms. The molecule has 0 aliphatic heterocycles. The Morgan fingerprint density at radius 2 is 2.07 bits per heavy atom. The van der Waals surface area contributed by atoms with Crippen molar-refractivity contribution in [1.29, 1.82) is 0 Å². The van der Waals surface area contributed by atoms with E-state index >= 15 is 0 Å². The first-order valence-electron chi connectivity index (χ1n) is 5.03. The summed E-state index contributed by atoms with van der Waals surface area (Å²) in [7, 11) is 0. The Kier molecular flexibility index (Phi) is 2.49. The van der Waals surface area contributed by atoms with E-state index in [9.17, 15) is 0 Å². The summed E-state index contributed by atoms with van der Waals surface area (Å²) in [6.07, 6.45) is 1.77. The quantitative estimate of drug-likeness (QED) is 0.750. The van der Waals surface area contributed by atoms with Gasteiger partial charge in [-0.25, -0.2) is 9.67 Å². The van der Waals surface area contributed by atoms with Crippen molar-refractivity contribution in [2.75, 3.05) is 0 Å². The third-order valence-electron chi connectivity index (χ3n) is 2.12. The molecule has 0 saturated carbocycles. The highest BCUT2D eigenvalue weighted by Gasteiger charge is 2.12. The number of nitrogens with zero attached hydrogens (tertiary/aromatic N) is 4. The van der Waals surface area contributed by atoms with E-state index in [2.05, 4.69) is 28.9 Å². The van der Waals surface area contributed by atoms with Gasteiger partial charge in [0, 0.05) is 12.2 Å². The van der Waals surface area contributed by atoms with Gasteiger partial charge in [0.05, 0.1) is 0 Å². The van der Waals surface area contributed by atoms with Gasteiger partial charge in [0.2, 0.25) is 0 Å². The average molecular weight is 202 g/mol. The van der Waals surface area contributed by atoms with Crippen LogP contribution in [0.15, 0.2) is 24.4 Å². The molecule has 4 nitrogen and oxygen atoms in total. The first-order valence-corrected chi connectivity index (χ1v) is 5.03. The second-order valence-electron chi connectivity index (χ2n) is 3.74. The Hall–Kier alpha value is -1.71. The summed E-state index contributed by atoms with van der Waals surface area (Å²) in [4.78, 5) is 8.67. The van der Waals surface area contributed by atoms with Gasteiger partial charge in [-0.2, -0.15) is 5.10 Å². The van der Waals surface area contributed by atoms with Crippen LogP contribution in [0.1, 0.15) is 25.7 Å². The van der Waals surface area contributed by atoms with Gasteiger partial charge >= 0.3 is 0 Å². The smallest absolute Gasteiger partial charge is 0.177 e. The van der Waals surface area contributed by atoms with E-state index in [0.29, 0.717) is 6.04 Å². The van der Waals surface area contributed by atoms with E-state index in [0.717, 1.165) is 17.3 Å². The maximum Gasteiger partial charge on any atom is 0.177 e. The summed E-state index contributed by atoms with van der Waals surface area (Å²) in [5, 5.41) is 4.35. The SMILES string of the molecule is Cc1nc(-c2ccccn2)n(C(C)C)n1. The van der Waals surface area contributed by atoms with E-state index in [1.165, 1.54) is 0 Å². The van der Waals surface area contributed by atoms with Gasteiger partial charge in [0.25, 0.3) is 0 Å². The fourth-order valence-electron chi connectivity index (χ4n) is 1.46. The second-order valence-corrected chi connectivity index (χ2v) is 3.74. The van der Waals surface area contributed by atoms with Gasteiger partial charge in [-0.3, -0.25) is 4.98 Å². The van der Waals surface area contributed by atoms with E-state index in [1.807, 2.05) is 29.8 Å². The number of rotatable bonds is 2. The summed E-state index contributed by atoms with van der Waals surface area (Å²) in [6.45, 7) is 6.06. The summed E-state index contributed by atoms with van der Waals surface area (Å²) >= 11 is 0. The molecule has 78 valence electrons. The first-order chi connectivity index (χ1) is 7.18. The molecule has 0 fully saturated rings. The van der Waals surface area contributed by atoms with Gasteiger partial charge in [0.1, 0.15) is 11.5 Å². The van der Waals surface area contributed by atoms with Gasteiger partial charge < -0.3 is 0 Å². The number of hydrogen-bond donors (Lipinski definition) is 0. The highest BCUT2D eigenvalue weighted by molar-refractivity contribution is 5.48. The minimum Gasteiger partial charge on any atom is -0.253 e. The molecule has 0 amide bonds. The van der Waals surface area contributed by atoms with E-state index in [1.54, 1.807) is 6.20 Å². The van der Waals surface area contributed by atoms with Crippen LogP contribution in [0.4, 0.5) is 0 Å². The summed E-state index contributed by atoms with van der Waals surface area (Å²) in [5.74, 6) is 1.62. The number of aryl methyl sites for hydroxylation is 1. The Balaban J connectivity index is 2.53. The van der Waals surface area contributed by atoms with Gasteiger partial charge in [-0.05, 0) is 32.9 Å². The van der Waals surface area contributed by atoms with Crippen LogP contribution in [0, 0.1) is 6.92 Å². The fourth-order valence-corrected chi connectivity index (χ4v) is 1.46. The zero-order valence-electron chi connectivity index (χ0n) is 9.18. The molecular weight excluding hydrogens is 188 g/mol. The van der Waals surface area contributed by atoms with Crippen molar-refractivity contribution in [2.45, 2.75) is 26.8 Å². The van der Waals surface area contributed by atoms with E-state index in [-0.39, 0.29) is 0 Å². The monoisotopic (exact) mass is 202 g/mol. The molecule has 0 saturated heterocycles. The van der Waals surface area contributed by atoms with Crippen molar-refractivity contribution < 1.29 is 0 Å². The Bertz CT molecular complexity index is 445. The molecule has 0 bridgehead atoms. The molecule has 0 N–H and O–H groups in total. The van der Waals surface area contributed by atoms with E-state index < -0.39 is 0 Å². The lowest BCUT2D eigenvalue weighted by Gasteiger charge is -2.07. The van der Waals surface area contributed by atoms with Crippen LogP contribution in [0.25, 0.3) is 11.5 Å². The van der Waals surface area contributed by atoms with Gasteiger partial charge in [0.15, 0.2) is 5.82 Å². The molecule has 0 spiro atoms. The normalized spacial score (nSPS) is 10.9. The molecule has 2 aromatic rings. The number of hydrogen-bond acceptors (Lipinski definition) is 3. The predicted octanol–water partition coefficient (Wildman–Crippen LogP) is 2.23. The second kappa shape index (κ2) is 3.81.